The van der Waals surface area contributed by atoms with E-state index in [0.29, 0.717) is 16.9 Å². The van der Waals surface area contributed by atoms with Crippen molar-refractivity contribution in [1.29, 1.82) is 0 Å². The van der Waals surface area contributed by atoms with E-state index in [0.717, 1.165) is 5.69 Å². The number of carbonyl (C=O) groups is 2. The molecule has 0 radical (unpaired) electrons. The summed E-state index contributed by atoms with van der Waals surface area (Å²) in [7, 11) is 0. The molecule has 0 spiro atoms. The number of hydrogen-bond acceptors (Lipinski definition) is 6. The standard InChI is InChI=1S/C22H19N3O4/c26-20(15-29-22(28)21(27)16-7-3-1-4-8-16)23-17-11-13-19(14-12-17)25-24-18-9-5-2-6-10-18/h1-14,21,27H,15H2,(H,23,26)/t21-/m0/s1. The predicted molar refractivity (Wildman–Crippen MR) is 108 cm³/mol. The van der Waals surface area contributed by atoms with Crippen LogP contribution in [0.25, 0.3) is 0 Å². The molecule has 0 aliphatic heterocycles. The highest BCUT2D eigenvalue weighted by Gasteiger charge is 2.19. The molecule has 29 heavy (non-hydrogen) atoms. The molecule has 0 aliphatic carbocycles. The molecule has 0 saturated heterocycles. The van der Waals surface area contributed by atoms with E-state index in [-0.39, 0.29) is 0 Å². The van der Waals surface area contributed by atoms with Crippen LogP contribution < -0.4 is 5.32 Å². The molecule has 1 amide bonds. The number of azo groups is 1. The second-order valence-corrected chi connectivity index (χ2v) is 6.05. The Morgan fingerprint density at radius 2 is 1.38 bits per heavy atom. The van der Waals surface area contributed by atoms with Crippen LogP contribution >= 0.6 is 0 Å². The zero-order valence-electron chi connectivity index (χ0n) is 15.4. The molecule has 7 heteroatoms. The fourth-order valence-electron chi connectivity index (χ4n) is 2.41. The largest absolute Gasteiger partial charge is 0.453 e. The summed E-state index contributed by atoms with van der Waals surface area (Å²) in [6.45, 7) is -0.502. The molecule has 0 heterocycles. The third-order valence-corrected chi connectivity index (χ3v) is 3.87. The lowest BCUT2D eigenvalue weighted by atomic mass is 10.1. The van der Waals surface area contributed by atoms with Gasteiger partial charge in [-0.2, -0.15) is 10.2 Å². The molecule has 1 atom stereocenters. The van der Waals surface area contributed by atoms with Crippen LogP contribution in [0.5, 0.6) is 0 Å². The minimum absolute atomic E-state index is 0.401. The number of ether oxygens (including phenoxy) is 1. The number of esters is 1. The normalized spacial score (nSPS) is 11.8. The minimum Gasteiger partial charge on any atom is -0.453 e. The highest BCUT2D eigenvalue weighted by atomic mass is 16.5. The van der Waals surface area contributed by atoms with Gasteiger partial charge in [-0.25, -0.2) is 4.79 Å². The topological polar surface area (TPSA) is 100 Å². The maximum absolute atomic E-state index is 12.0. The molecule has 3 rings (SSSR count). The summed E-state index contributed by atoms with van der Waals surface area (Å²) in [5, 5.41) is 20.8. The second kappa shape index (κ2) is 9.91. The number of carbonyl (C=O) groups excluding carboxylic acids is 2. The van der Waals surface area contributed by atoms with Gasteiger partial charge in [0, 0.05) is 5.69 Å². The predicted octanol–water partition coefficient (Wildman–Crippen LogP) is 4.32. The summed E-state index contributed by atoms with van der Waals surface area (Å²) in [5.74, 6) is -1.40. The average molecular weight is 389 g/mol. The van der Waals surface area contributed by atoms with E-state index >= 15 is 0 Å². The van der Waals surface area contributed by atoms with Gasteiger partial charge in [0.05, 0.1) is 11.4 Å². The van der Waals surface area contributed by atoms with E-state index in [1.807, 2.05) is 30.3 Å². The van der Waals surface area contributed by atoms with Gasteiger partial charge in [-0.1, -0.05) is 48.5 Å². The molecule has 0 aliphatic rings. The van der Waals surface area contributed by atoms with Crippen LogP contribution in [-0.4, -0.2) is 23.6 Å². The van der Waals surface area contributed by atoms with Crippen LogP contribution in [0.4, 0.5) is 17.1 Å². The van der Waals surface area contributed by atoms with Gasteiger partial charge in [-0.3, -0.25) is 4.79 Å². The summed E-state index contributed by atoms with van der Waals surface area (Å²) in [6.07, 6.45) is -1.43. The lowest BCUT2D eigenvalue weighted by Crippen LogP contribution is -2.23. The fraction of sp³-hybridized carbons (Fsp3) is 0.0909. The monoisotopic (exact) mass is 389 g/mol. The number of aliphatic hydroxyl groups excluding tert-OH is 1. The fourth-order valence-corrected chi connectivity index (χ4v) is 2.41. The van der Waals surface area contributed by atoms with Crippen molar-refractivity contribution < 1.29 is 19.4 Å². The first-order valence-electron chi connectivity index (χ1n) is 8.88. The molecular formula is C22H19N3O4. The Balaban J connectivity index is 1.48. The van der Waals surface area contributed by atoms with Crippen LogP contribution in [0.3, 0.4) is 0 Å². The van der Waals surface area contributed by atoms with Gasteiger partial charge >= 0.3 is 5.97 Å². The first kappa shape index (κ1) is 19.9. The van der Waals surface area contributed by atoms with E-state index in [2.05, 4.69) is 15.5 Å². The quantitative estimate of drug-likeness (QED) is 0.464. The van der Waals surface area contributed by atoms with E-state index in [9.17, 15) is 14.7 Å². The van der Waals surface area contributed by atoms with Crippen LogP contribution in [0, 0.1) is 0 Å². The number of nitrogens with one attached hydrogen (secondary N) is 1. The minimum atomic E-state index is -1.43. The van der Waals surface area contributed by atoms with Gasteiger partial charge < -0.3 is 15.2 Å². The first-order valence-corrected chi connectivity index (χ1v) is 8.88. The first-order chi connectivity index (χ1) is 14.1. The van der Waals surface area contributed by atoms with E-state index in [4.69, 9.17) is 4.74 Å². The summed E-state index contributed by atoms with van der Waals surface area (Å²) in [4.78, 5) is 23.8. The van der Waals surface area contributed by atoms with Crippen LogP contribution in [0.1, 0.15) is 11.7 Å². The third-order valence-electron chi connectivity index (χ3n) is 3.87. The van der Waals surface area contributed by atoms with Crippen LogP contribution in [0.15, 0.2) is 95.2 Å². The number of rotatable bonds is 7. The molecule has 2 N–H and O–H groups in total. The SMILES string of the molecule is O=C(COC(=O)[C@@H](O)c1ccccc1)Nc1ccc(N=Nc2ccccc2)cc1. The van der Waals surface area contributed by atoms with Crippen LogP contribution in [-0.2, 0) is 14.3 Å². The number of aliphatic hydroxyl groups is 1. The zero-order valence-corrected chi connectivity index (χ0v) is 15.4. The third kappa shape index (κ3) is 6.08. The van der Waals surface area contributed by atoms with E-state index in [1.54, 1.807) is 54.6 Å². The summed E-state index contributed by atoms with van der Waals surface area (Å²) < 4.78 is 4.87. The Hall–Kier alpha value is -3.84. The molecule has 0 aromatic heterocycles. The van der Waals surface area contributed by atoms with Gasteiger partial charge in [-0.05, 0) is 42.0 Å². The van der Waals surface area contributed by atoms with Crippen molar-refractivity contribution in [1.82, 2.24) is 0 Å². The Morgan fingerprint density at radius 1 is 0.828 bits per heavy atom. The van der Waals surface area contributed by atoms with Crippen LogP contribution in [0.2, 0.25) is 0 Å². The van der Waals surface area contributed by atoms with Crippen molar-refractivity contribution in [2.24, 2.45) is 10.2 Å². The smallest absolute Gasteiger partial charge is 0.340 e. The molecule has 0 fully saturated rings. The number of anilines is 1. The molecule has 0 bridgehead atoms. The number of hydrogen-bond donors (Lipinski definition) is 2. The lowest BCUT2D eigenvalue weighted by molar-refractivity contribution is -0.156. The lowest BCUT2D eigenvalue weighted by Gasteiger charge is -2.11. The van der Waals surface area contributed by atoms with Gasteiger partial charge in [0.15, 0.2) is 12.7 Å². The number of nitrogens with zero attached hydrogens (tertiary/aromatic N) is 2. The Kier molecular flexibility index (Phi) is 6.80. The van der Waals surface area contributed by atoms with Crippen molar-refractivity contribution in [3.05, 3.63) is 90.5 Å². The van der Waals surface area contributed by atoms with Crippen molar-refractivity contribution in [3.63, 3.8) is 0 Å². The second-order valence-electron chi connectivity index (χ2n) is 6.05. The molecule has 7 nitrogen and oxygen atoms in total. The Labute approximate surface area is 167 Å². The Morgan fingerprint density at radius 3 is 2.00 bits per heavy atom. The average Bonchev–Trinajstić information content (AvgIpc) is 2.78. The van der Waals surface area contributed by atoms with Crippen molar-refractivity contribution in [2.45, 2.75) is 6.10 Å². The zero-order chi connectivity index (χ0) is 20.5. The number of amides is 1. The molecule has 146 valence electrons. The van der Waals surface area contributed by atoms with Gasteiger partial charge in [0.2, 0.25) is 0 Å². The molecular weight excluding hydrogens is 370 g/mol. The van der Waals surface area contributed by atoms with E-state index < -0.39 is 24.6 Å². The summed E-state index contributed by atoms with van der Waals surface area (Å²) in [6, 6.07) is 24.4. The molecule has 0 unspecified atom stereocenters. The van der Waals surface area contributed by atoms with Crippen molar-refractivity contribution >= 4 is 28.9 Å². The van der Waals surface area contributed by atoms with Gasteiger partial charge in [-0.15, -0.1) is 0 Å². The Bertz CT molecular complexity index is 974. The highest BCUT2D eigenvalue weighted by Crippen LogP contribution is 2.20. The molecule has 0 saturated carbocycles. The van der Waals surface area contributed by atoms with Crippen molar-refractivity contribution in [3.8, 4) is 0 Å². The molecule has 3 aromatic carbocycles. The molecule has 3 aromatic rings. The van der Waals surface area contributed by atoms with E-state index in [1.165, 1.54) is 0 Å². The summed E-state index contributed by atoms with van der Waals surface area (Å²) in [5.41, 5.74) is 2.29. The summed E-state index contributed by atoms with van der Waals surface area (Å²) >= 11 is 0. The van der Waals surface area contributed by atoms with Gasteiger partial charge in [0.1, 0.15) is 0 Å². The maximum Gasteiger partial charge on any atom is 0.340 e. The number of benzene rings is 3. The van der Waals surface area contributed by atoms with Crippen molar-refractivity contribution in [2.75, 3.05) is 11.9 Å². The van der Waals surface area contributed by atoms with Gasteiger partial charge in [0.25, 0.3) is 5.91 Å². The maximum atomic E-state index is 12.0. The highest BCUT2D eigenvalue weighted by molar-refractivity contribution is 5.93.